The molecule has 2 heterocycles. The highest BCUT2D eigenvalue weighted by Gasteiger charge is 2.39. The highest BCUT2D eigenvalue weighted by Crippen LogP contribution is 2.18. The van der Waals surface area contributed by atoms with Crippen molar-refractivity contribution in [2.45, 2.75) is 32.8 Å². The number of ether oxygens (including phenoxy) is 1. The number of thiazole rings is 1. The highest BCUT2D eigenvalue weighted by molar-refractivity contribution is 7.09. The van der Waals surface area contributed by atoms with Crippen LogP contribution in [0.2, 0.25) is 0 Å². The smallest absolute Gasteiger partial charge is 0.253 e. The number of hydrogen-bond acceptors (Lipinski definition) is 5. The van der Waals surface area contributed by atoms with Gasteiger partial charge in [0.15, 0.2) is 5.60 Å². The second-order valence-electron chi connectivity index (χ2n) is 5.41. The summed E-state index contributed by atoms with van der Waals surface area (Å²) in [5, 5.41) is 5.88. The minimum atomic E-state index is -0.970. The van der Waals surface area contributed by atoms with Crippen molar-refractivity contribution in [2.24, 2.45) is 0 Å². The maximum Gasteiger partial charge on any atom is 0.253 e. The van der Waals surface area contributed by atoms with Gasteiger partial charge in [-0.15, -0.1) is 11.3 Å². The number of morpholine rings is 1. The lowest BCUT2D eigenvalue weighted by molar-refractivity contribution is -0.161. The van der Waals surface area contributed by atoms with E-state index in [0.29, 0.717) is 32.7 Å². The standard InChI is InChI=1S/C14H21N3O3S/c1-10-8-21-12(16-10)4-5-15-13(19)14(3)9-17(11(2)18)6-7-20-14/h8H,4-7,9H2,1-3H3,(H,15,19)/t14-/m1/s1. The Balaban J connectivity index is 1.85. The van der Waals surface area contributed by atoms with Crippen LogP contribution in [-0.2, 0) is 20.7 Å². The molecule has 21 heavy (non-hydrogen) atoms. The summed E-state index contributed by atoms with van der Waals surface area (Å²) >= 11 is 1.59. The van der Waals surface area contributed by atoms with Gasteiger partial charge in [-0.2, -0.15) is 0 Å². The SMILES string of the molecule is CC(=O)N1CCO[C@@](C)(C(=O)NCCc2nc(C)cs2)C1. The van der Waals surface area contributed by atoms with E-state index in [0.717, 1.165) is 10.7 Å². The fourth-order valence-electron chi connectivity index (χ4n) is 2.26. The third kappa shape index (κ3) is 4.01. The average molecular weight is 311 g/mol. The number of aromatic nitrogens is 1. The molecular weight excluding hydrogens is 290 g/mol. The van der Waals surface area contributed by atoms with Crippen LogP contribution in [0, 0.1) is 6.92 Å². The van der Waals surface area contributed by atoms with Crippen molar-refractivity contribution in [3.63, 3.8) is 0 Å². The molecule has 0 saturated carbocycles. The van der Waals surface area contributed by atoms with E-state index in [1.807, 2.05) is 12.3 Å². The van der Waals surface area contributed by atoms with Crippen molar-refractivity contribution in [1.29, 1.82) is 0 Å². The van der Waals surface area contributed by atoms with Crippen molar-refractivity contribution >= 4 is 23.2 Å². The Morgan fingerprint density at radius 3 is 2.95 bits per heavy atom. The van der Waals surface area contributed by atoms with Gasteiger partial charge in [0.1, 0.15) is 0 Å². The molecule has 1 aliphatic rings. The van der Waals surface area contributed by atoms with E-state index in [1.54, 1.807) is 23.2 Å². The Morgan fingerprint density at radius 1 is 1.57 bits per heavy atom. The zero-order valence-electron chi connectivity index (χ0n) is 12.6. The zero-order valence-corrected chi connectivity index (χ0v) is 13.5. The lowest BCUT2D eigenvalue weighted by Crippen LogP contribution is -2.59. The predicted molar refractivity (Wildman–Crippen MR) is 80.2 cm³/mol. The fourth-order valence-corrected chi connectivity index (χ4v) is 3.04. The van der Waals surface area contributed by atoms with Gasteiger partial charge in [0.25, 0.3) is 5.91 Å². The number of amides is 2. The molecule has 1 atom stereocenters. The van der Waals surface area contributed by atoms with Crippen LogP contribution in [0.15, 0.2) is 5.38 Å². The van der Waals surface area contributed by atoms with Crippen molar-refractivity contribution < 1.29 is 14.3 Å². The van der Waals surface area contributed by atoms with Crippen LogP contribution < -0.4 is 5.32 Å². The van der Waals surface area contributed by atoms with E-state index in [4.69, 9.17) is 4.74 Å². The number of carbonyl (C=O) groups is 2. The predicted octanol–water partition coefficient (Wildman–Crippen LogP) is 0.748. The van der Waals surface area contributed by atoms with Gasteiger partial charge in [-0.25, -0.2) is 4.98 Å². The van der Waals surface area contributed by atoms with Gasteiger partial charge in [-0.05, 0) is 13.8 Å². The lowest BCUT2D eigenvalue weighted by atomic mass is 10.0. The van der Waals surface area contributed by atoms with Gasteiger partial charge >= 0.3 is 0 Å². The number of nitrogens with one attached hydrogen (secondary N) is 1. The van der Waals surface area contributed by atoms with Gasteiger partial charge in [-0.1, -0.05) is 0 Å². The average Bonchev–Trinajstić information content (AvgIpc) is 2.84. The van der Waals surface area contributed by atoms with Crippen LogP contribution in [-0.4, -0.2) is 53.5 Å². The Labute approximate surface area is 128 Å². The summed E-state index contributed by atoms with van der Waals surface area (Å²) in [6, 6.07) is 0. The molecule has 0 aromatic carbocycles. The Bertz CT molecular complexity index is 531. The van der Waals surface area contributed by atoms with Crippen molar-refractivity contribution in [3.8, 4) is 0 Å². The van der Waals surface area contributed by atoms with E-state index in [1.165, 1.54) is 6.92 Å². The van der Waals surface area contributed by atoms with Crippen LogP contribution in [0.3, 0.4) is 0 Å². The molecule has 2 amide bonds. The minimum absolute atomic E-state index is 0.0319. The molecule has 0 spiro atoms. The van der Waals surface area contributed by atoms with E-state index in [9.17, 15) is 9.59 Å². The maximum atomic E-state index is 12.3. The van der Waals surface area contributed by atoms with Crippen molar-refractivity contribution in [3.05, 3.63) is 16.1 Å². The van der Waals surface area contributed by atoms with Crippen LogP contribution >= 0.6 is 11.3 Å². The van der Waals surface area contributed by atoms with Crippen LogP contribution in [0.1, 0.15) is 24.5 Å². The molecule has 2 rings (SSSR count). The molecule has 0 radical (unpaired) electrons. The number of nitrogens with zero attached hydrogens (tertiary/aromatic N) is 2. The molecule has 1 fully saturated rings. The Morgan fingerprint density at radius 2 is 2.33 bits per heavy atom. The highest BCUT2D eigenvalue weighted by atomic mass is 32.1. The molecule has 1 aliphatic heterocycles. The first-order chi connectivity index (χ1) is 9.90. The molecule has 1 saturated heterocycles. The molecule has 116 valence electrons. The summed E-state index contributed by atoms with van der Waals surface area (Å²) in [5.74, 6) is -0.211. The molecule has 1 N–H and O–H groups in total. The van der Waals surface area contributed by atoms with E-state index in [2.05, 4.69) is 10.3 Å². The molecule has 0 bridgehead atoms. The molecular formula is C14H21N3O3S. The van der Waals surface area contributed by atoms with Gasteiger partial charge in [0, 0.05) is 37.5 Å². The monoisotopic (exact) mass is 311 g/mol. The third-order valence-electron chi connectivity index (χ3n) is 3.49. The van der Waals surface area contributed by atoms with Crippen LogP contribution in [0.25, 0.3) is 0 Å². The first-order valence-electron chi connectivity index (χ1n) is 6.99. The molecule has 0 unspecified atom stereocenters. The summed E-state index contributed by atoms with van der Waals surface area (Å²) in [5.41, 5.74) is 0.0314. The fraction of sp³-hybridized carbons (Fsp3) is 0.643. The van der Waals surface area contributed by atoms with Crippen molar-refractivity contribution in [2.75, 3.05) is 26.2 Å². The second-order valence-corrected chi connectivity index (χ2v) is 6.35. The molecule has 6 nitrogen and oxygen atoms in total. The number of hydrogen-bond donors (Lipinski definition) is 1. The Kier molecular flexibility index (Phi) is 4.95. The zero-order chi connectivity index (χ0) is 15.5. The van der Waals surface area contributed by atoms with Crippen LogP contribution in [0.5, 0.6) is 0 Å². The van der Waals surface area contributed by atoms with E-state index < -0.39 is 5.60 Å². The van der Waals surface area contributed by atoms with Crippen molar-refractivity contribution in [1.82, 2.24) is 15.2 Å². The molecule has 0 aliphatic carbocycles. The number of rotatable bonds is 4. The maximum absolute atomic E-state index is 12.3. The molecule has 1 aromatic rings. The topological polar surface area (TPSA) is 71.5 Å². The normalized spacial score (nSPS) is 22.1. The minimum Gasteiger partial charge on any atom is -0.362 e. The lowest BCUT2D eigenvalue weighted by Gasteiger charge is -2.38. The largest absolute Gasteiger partial charge is 0.362 e. The first-order valence-corrected chi connectivity index (χ1v) is 7.87. The quantitative estimate of drug-likeness (QED) is 0.890. The Hall–Kier alpha value is -1.47. The summed E-state index contributed by atoms with van der Waals surface area (Å²) in [6.45, 7) is 6.92. The number of carbonyl (C=O) groups excluding carboxylic acids is 2. The molecule has 1 aromatic heterocycles. The van der Waals surface area contributed by atoms with Crippen LogP contribution in [0.4, 0.5) is 0 Å². The van der Waals surface area contributed by atoms with Gasteiger partial charge in [0.2, 0.25) is 5.91 Å². The summed E-state index contributed by atoms with van der Waals surface area (Å²) in [4.78, 5) is 29.7. The van der Waals surface area contributed by atoms with E-state index in [-0.39, 0.29) is 11.8 Å². The summed E-state index contributed by atoms with van der Waals surface area (Å²) < 4.78 is 5.60. The summed E-state index contributed by atoms with van der Waals surface area (Å²) in [7, 11) is 0. The first kappa shape index (κ1) is 15.9. The molecule has 7 heteroatoms. The third-order valence-corrected chi connectivity index (χ3v) is 4.52. The summed E-state index contributed by atoms with van der Waals surface area (Å²) in [6.07, 6.45) is 0.705. The van der Waals surface area contributed by atoms with E-state index >= 15 is 0 Å². The van der Waals surface area contributed by atoms with Gasteiger partial charge in [0.05, 0.1) is 18.2 Å². The van der Waals surface area contributed by atoms with Gasteiger partial charge < -0.3 is 15.0 Å². The number of aryl methyl sites for hydroxylation is 1. The second kappa shape index (κ2) is 6.53. The van der Waals surface area contributed by atoms with Gasteiger partial charge in [-0.3, -0.25) is 9.59 Å².